The predicted octanol–water partition coefficient (Wildman–Crippen LogP) is 0.976. The second kappa shape index (κ2) is 5.49. The Balaban J connectivity index is 1.74. The maximum atomic E-state index is 12.3. The van der Waals surface area contributed by atoms with Gasteiger partial charge >= 0.3 is 0 Å². The van der Waals surface area contributed by atoms with Crippen molar-refractivity contribution < 1.29 is 19.1 Å². The SMILES string of the molecule is COc1nn(C)cc1C(=O)NCC1(O)CCCc2occc21. The molecule has 1 atom stereocenters. The molecule has 0 saturated heterocycles. The third kappa shape index (κ3) is 2.48. The number of carbonyl (C=O) groups is 1. The van der Waals surface area contributed by atoms with Crippen molar-refractivity contribution in [3.63, 3.8) is 0 Å². The molecule has 2 aromatic rings. The summed E-state index contributed by atoms with van der Waals surface area (Å²) in [4.78, 5) is 12.3. The lowest BCUT2D eigenvalue weighted by Crippen LogP contribution is -2.42. The molecule has 1 amide bonds. The zero-order valence-corrected chi connectivity index (χ0v) is 12.6. The van der Waals surface area contributed by atoms with Crippen LogP contribution in [0.1, 0.15) is 34.5 Å². The van der Waals surface area contributed by atoms with Crippen LogP contribution in [-0.4, -0.2) is 34.4 Å². The molecule has 3 rings (SSSR count). The van der Waals surface area contributed by atoms with Gasteiger partial charge in [-0.1, -0.05) is 0 Å². The summed E-state index contributed by atoms with van der Waals surface area (Å²) in [7, 11) is 3.18. The summed E-state index contributed by atoms with van der Waals surface area (Å²) < 4.78 is 12.0. The number of aryl methyl sites for hydroxylation is 2. The molecule has 2 N–H and O–H groups in total. The van der Waals surface area contributed by atoms with Gasteiger partial charge in [-0.2, -0.15) is 0 Å². The van der Waals surface area contributed by atoms with Gasteiger partial charge in [0.15, 0.2) is 0 Å². The molecule has 1 aliphatic rings. The molecule has 1 aliphatic carbocycles. The summed E-state index contributed by atoms with van der Waals surface area (Å²) in [5.74, 6) is 0.732. The standard InChI is InChI=1S/C15H19N3O4/c1-18-8-10(14(17-18)21-2)13(19)16-9-15(20)6-3-4-12-11(15)5-7-22-12/h5,7-8,20H,3-4,6,9H2,1-2H3,(H,16,19). The van der Waals surface area contributed by atoms with Crippen molar-refractivity contribution in [1.29, 1.82) is 0 Å². The fourth-order valence-electron chi connectivity index (χ4n) is 2.90. The lowest BCUT2D eigenvalue weighted by molar-refractivity contribution is 0.0169. The topological polar surface area (TPSA) is 89.5 Å². The first-order chi connectivity index (χ1) is 10.5. The number of ether oxygens (including phenoxy) is 1. The van der Waals surface area contributed by atoms with E-state index in [1.54, 1.807) is 25.6 Å². The van der Waals surface area contributed by atoms with Gasteiger partial charge in [-0.05, 0) is 18.9 Å². The Morgan fingerprint density at radius 1 is 1.64 bits per heavy atom. The molecule has 1 unspecified atom stereocenters. The molecule has 0 saturated carbocycles. The van der Waals surface area contributed by atoms with Crippen molar-refractivity contribution in [2.24, 2.45) is 7.05 Å². The number of nitrogens with one attached hydrogen (secondary N) is 1. The average molecular weight is 305 g/mol. The highest BCUT2D eigenvalue weighted by Gasteiger charge is 2.36. The number of furan rings is 1. The van der Waals surface area contributed by atoms with Crippen molar-refractivity contribution in [3.05, 3.63) is 35.4 Å². The molecule has 0 fully saturated rings. The van der Waals surface area contributed by atoms with E-state index in [1.165, 1.54) is 11.8 Å². The Morgan fingerprint density at radius 2 is 2.45 bits per heavy atom. The van der Waals surface area contributed by atoms with Crippen LogP contribution in [0.2, 0.25) is 0 Å². The number of methoxy groups -OCH3 is 1. The van der Waals surface area contributed by atoms with E-state index in [1.807, 2.05) is 0 Å². The van der Waals surface area contributed by atoms with Crippen LogP contribution in [0.3, 0.4) is 0 Å². The molecular formula is C15H19N3O4. The number of carbonyl (C=O) groups excluding carboxylic acids is 1. The van der Waals surface area contributed by atoms with Crippen LogP contribution < -0.4 is 10.1 Å². The van der Waals surface area contributed by atoms with Gasteiger partial charge in [-0.15, -0.1) is 5.10 Å². The van der Waals surface area contributed by atoms with Gasteiger partial charge < -0.3 is 19.6 Å². The van der Waals surface area contributed by atoms with Crippen LogP contribution in [0.4, 0.5) is 0 Å². The predicted molar refractivity (Wildman–Crippen MR) is 77.6 cm³/mol. The van der Waals surface area contributed by atoms with Gasteiger partial charge in [0.1, 0.15) is 16.9 Å². The van der Waals surface area contributed by atoms with Gasteiger partial charge in [0.05, 0.1) is 19.9 Å². The zero-order valence-electron chi connectivity index (χ0n) is 12.6. The van der Waals surface area contributed by atoms with Crippen molar-refractivity contribution in [2.75, 3.05) is 13.7 Å². The Bertz CT molecular complexity index is 691. The van der Waals surface area contributed by atoms with Crippen molar-refractivity contribution in [3.8, 4) is 5.88 Å². The minimum absolute atomic E-state index is 0.121. The highest BCUT2D eigenvalue weighted by molar-refractivity contribution is 5.96. The summed E-state index contributed by atoms with van der Waals surface area (Å²) in [5, 5.41) is 17.6. The summed E-state index contributed by atoms with van der Waals surface area (Å²) in [5.41, 5.74) is 0.0140. The highest BCUT2D eigenvalue weighted by atomic mass is 16.5. The van der Waals surface area contributed by atoms with E-state index >= 15 is 0 Å². The second-order valence-electron chi connectivity index (χ2n) is 5.55. The Hall–Kier alpha value is -2.28. The van der Waals surface area contributed by atoms with Gasteiger partial charge in [-0.25, -0.2) is 0 Å². The largest absolute Gasteiger partial charge is 0.479 e. The van der Waals surface area contributed by atoms with Crippen LogP contribution in [0, 0.1) is 0 Å². The van der Waals surface area contributed by atoms with E-state index < -0.39 is 5.60 Å². The van der Waals surface area contributed by atoms with E-state index in [9.17, 15) is 9.90 Å². The third-order valence-electron chi connectivity index (χ3n) is 4.02. The van der Waals surface area contributed by atoms with Crippen molar-refractivity contribution >= 4 is 5.91 Å². The Labute approximate surface area is 127 Å². The molecule has 2 aromatic heterocycles. The van der Waals surface area contributed by atoms with Gasteiger partial charge in [-0.3, -0.25) is 9.48 Å². The minimum Gasteiger partial charge on any atom is -0.479 e. The molecule has 118 valence electrons. The lowest BCUT2D eigenvalue weighted by Gasteiger charge is -2.31. The van der Waals surface area contributed by atoms with Crippen LogP contribution >= 0.6 is 0 Å². The van der Waals surface area contributed by atoms with Gasteiger partial charge in [0.25, 0.3) is 5.91 Å². The summed E-state index contributed by atoms with van der Waals surface area (Å²) in [6.45, 7) is 0.121. The monoisotopic (exact) mass is 305 g/mol. The summed E-state index contributed by atoms with van der Waals surface area (Å²) in [6, 6.07) is 1.77. The van der Waals surface area contributed by atoms with Gasteiger partial charge in [0.2, 0.25) is 5.88 Å². The normalized spacial score (nSPS) is 20.5. The molecule has 0 bridgehead atoms. The maximum absolute atomic E-state index is 12.3. The second-order valence-corrected chi connectivity index (χ2v) is 5.55. The van der Waals surface area contributed by atoms with Crippen LogP contribution in [-0.2, 0) is 19.1 Å². The average Bonchev–Trinajstić information content (AvgIpc) is 3.12. The summed E-state index contributed by atoms with van der Waals surface area (Å²) >= 11 is 0. The number of aromatic nitrogens is 2. The number of nitrogens with zero attached hydrogens (tertiary/aromatic N) is 2. The molecule has 7 nitrogen and oxygen atoms in total. The molecule has 7 heteroatoms. The number of hydrogen-bond donors (Lipinski definition) is 2. The number of aliphatic hydroxyl groups is 1. The van der Waals surface area contributed by atoms with Crippen molar-refractivity contribution in [1.82, 2.24) is 15.1 Å². The lowest BCUT2D eigenvalue weighted by atomic mass is 9.83. The Morgan fingerprint density at radius 3 is 3.23 bits per heavy atom. The first-order valence-corrected chi connectivity index (χ1v) is 7.18. The third-order valence-corrected chi connectivity index (χ3v) is 4.02. The molecule has 0 radical (unpaired) electrons. The van der Waals surface area contributed by atoms with E-state index in [0.29, 0.717) is 12.0 Å². The van der Waals surface area contributed by atoms with Crippen LogP contribution in [0.15, 0.2) is 22.9 Å². The molecule has 0 aromatic carbocycles. The Kier molecular flexibility index (Phi) is 3.66. The molecule has 22 heavy (non-hydrogen) atoms. The minimum atomic E-state index is -1.09. The molecule has 0 spiro atoms. The van der Waals surface area contributed by atoms with E-state index in [4.69, 9.17) is 9.15 Å². The molecule has 2 heterocycles. The fourth-order valence-corrected chi connectivity index (χ4v) is 2.90. The van der Waals surface area contributed by atoms with Gasteiger partial charge in [0, 0.05) is 25.2 Å². The quantitative estimate of drug-likeness (QED) is 0.879. The number of amides is 1. The smallest absolute Gasteiger partial charge is 0.258 e. The fraction of sp³-hybridized carbons (Fsp3) is 0.467. The molecule has 0 aliphatic heterocycles. The summed E-state index contributed by atoms with van der Waals surface area (Å²) in [6.07, 6.45) is 5.39. The van der Waals surface area contributed by atoms with E-state index in [-0.39, 0.29) is 18.3 Å². The number of rotatable bonds is 4. The van der Waals surface area contributed by atoms with E-state index in [2.05, 4.69) is 10.4 Å². The van der Waals surface area contributed by atoms with E-state index in [0.717, 1.165) is 24.2 Å². The maximum Gasteiger partial charge on any atom is 0.258 e. The number of hydrogen-bond acceptors (Lipinski definition) is 5. The first-order valence-electron chi connectivity index (χ1n) is 7.18. The number of fused-ring (bicyclic) bond motifs is 1. The highest BCUT2D eigenvalue weighted by Crippen LogP contribution is 2.35. The van der Waals surface area contributed by atoms with Crippen LogP contribution in [0.25, 0.3) is 0 Å². The van der Waals surface area contributed by atoms with Crippen molar-refractivity contribution in [2.45, 2.75) is 24.9 Å². The molecular weight excluding hydrogens is 286 g/mol. The zero-order chi connectivity index (χ0) is 15.7. The first kappa shape index (κ1) is 14.6. The van der Waals surface area contributed by atoms with Crippen LogP contribution in [0.5, 0.6) is 5.88 Å².